The standard InChI is InChI=1S/C23H25N5O4S/c1-16-9-10-20(32-16)22(23(30)24-11-12-31-2)27(14-17-6-5-13-33-17)21(29)15-28-19-8-4-3-7-18(19)25-26-28/h3-10,13,22H,11-12,14-15H2,1-2H3,(H,24,30)/t22-/m1/s1. The smallest absolute Gasteiger partial charge is 0.250 e. The Morgan fingerprint density at radius 1 is 1.21 bits per heavy atom. The summed E-state index contributed by atoms with van der Waals surface area (Å²) in [7, 11) is 1.56. The van der Waals surface area contributed by atoms with Crippen LogP contribution in [0, 0.1) is 6.92 Å². The van der Waals surface area contributed by atoms with E-state index in [4.69, 9.17) is 9.15 Å². The van der Waals surface area contributed by atoms with Crippen molar-refractivity contribution in [3.63, 3.8) is 0 Å². The number of aryl methyl sites for hydroxylation is 1. The second-order valence-corrected chi connectivity index (χ2v) is 8.50. The second-order valence-electron chi connectivity index (χ2n) is 7.47. The van der Waals surface area contributed by atoms with Crippen molar-refractivity contribution in [2.24, 2.45) is 0 Å². The van der Waals surface area contributed by atoms with Gasteiger partial charge in [-0.2, -0.15) is 0 Å². The minimum atomic E-state index is -0.944. The number of methoxy groups -OCH3 is 1. The number of nitrogens with zero attached hydrogens (tertiary/aromatic N) is 4. The number of thiophene rings is 1. The highest BCUT2D eigenvalue weighted by molar-refractivity contribution is 7.09. The molecule has 3 heterocycles. The van der Waals surface area contributed by atoms with Crippen molar-refractivity contribution in [3.8, 4) is 0 Å². The van der Waals surface area contributed by atoms with E-state index in [2.05, 4.69) is 15.6 Å². The van der Waals surface area contributed by atoms with Crippen LogP contribution in [-0.2, 0) is 27.4 Å². The first-order valence-electron chi connectivity index (χ1n) is 10.5. The molecule has 0 spiro atoms. The molecule has 0 saturated heterocycles. The van der Waals surface area contributed by atoms with Crippen molar-refractivity contribution in [2.75, 3.05) is 20.3 Å². The number of aromatic nitrogens is 3. The number of rotatable bonds is 10. The van der Waals surface area contributed by atoms with Gasteiger partial charge in [0.2, 0.25) is 5.91 Å². The maximum absolute atomic E-state index is 13.6. The molecule has 0 bridgehead atoms. The lowest BCUT2D eigenvalue weighted by molar-refractivity contribution is -0.143. The van der Waals surface area contributed by atoms with Gasteiger partial charge in [-0.05, 0) is 42.6 Å². The lowest BCUT2D eigenvalue weighted by Gasteiger charge is -2.29. The van der Waals surface area contributed by atoms with E-state index >= 15 is 0 Å². The maximum Gasteiger partial charge on any atom is 0.250 e. The molecular formula is C23H25N5O4S. The van der Waals surface area contributed by atoms with Gasteiger partial charge >= 0.3 is 0 Å². The van der Waals surface area contributed by atoms with Gasteiger partial charge in [-0.3, -0.25) is 9.59 Å². The molecule has 0 saturated carbocycles. The summed E-state index contributed by atoms with van der Waals surface area (Å²) in [6.07, 6.45) is 0. The second kappa shape index (κ2) is 10.4. The van der Waals surface area contributed by atoms with Gasteiger partial charge in [0.15, 0.2) is 6.04 Å². The molecule has 0 unspecified atom stereocenters. The van der Waals surface area contributed by atoms with Crippen molar-refractivity contribution in [1.29, 1.82) is 0 Å². The SMILES string of the molecule is COCCNC(=O)[C@@H](c1ccc(C)o1)N(Cc1cccs1)C(=O)Cn1nnc2ccccc21. The Kier molecular flexibility index (Phi) is 7.16. The van der Waals surface area contributed by atoms with Crippen molar-refractivity contribution >= 4 is 34.2 Å². The van der Waals surface area contributed by atoms with E-state index < -0.39 is 6.04 Å². The van der Waals surface area contributed by atoms with Crippen LogP contribution < -0.4 is 5.32 Å². The molecule has 1 aromatic carbocycles. The highest BCUT2D eigenvalue weighted by Gasteiger charge is 2.34. The van der Waals surface area contributed by atoms with E-state index in [0.717, 1.165) is 10.4 Å². The molecule has 10 heteroatoms. The average molecular weight is 468 g/mol. The van der Waals surface area contributed by atoms with Gasteiger partial charge in [0.05, 0.1) is 18.7 Å². The van der Waals surface area contributed by atoms with E-state index in [1.807, 2.05) is 41.8 Å². The van der Waals surface area contributed by atoms with E-state index in [1.54, 1.807) is 30.8 Å². The van der Waals surface area contributed by atoms with Crippen LogP contribution in [-0.4, -0.2) is 52.0 Å². The Bertz CT molecular complexity index is 1220. The van der Waals surface area contributed by atoms with Crippen LogP contribution in [0.4, 0.5) is 0 Å². The third-order valence-electron chi connectivity index (χ3n) is 5.13. The van der Waals surface area contributed by atoms with Gasteiger partial charge in [-0.15, -0.1) is 16.4 Å². The summed E-state index contributed by atoms with van der Waals surface area (Å²) in [6.45, 7) is 2.68. The Labute approximate surface area is 194 Å². The van der Waals surface area contributed by atoms with Gasteiger partial charge in [0, 0.05) is 18.5 Å². The van der Waals surface area contributed by atoms with Crippen molar-refractivity contribution in [2.45, 2.75) is 26.1 Å². The molecule has 4 aromatic rings. The predicted molar refractivity (Wildman–Crippen MR) is 123 cm³/mol. The van der Waals surface area contributed by atoms with Crippen molar-refractivity contribution in [3.05, 3.63) is 70.3 Å². The topological polar surface area (TPSA) is 102 Å². The van der Waals surface area contributed by atoms with Crippen LogP contribution in [0.15, 0.2) is 58.3 Å². The van der Waals surface area contributed by atoms with Gasteiger partial charge < -0.3 is 19.4 Å². The zero-order valence-corrected chi connectivity index (χ0v) is 19.2. The third kappa shape index (κ3) is 5.29. The monoisotopic (exact) mass is 467 g/mol. The number of hydrogen-bond donors (Lipinski definition) is 1. The Balaban J connectivity index is 1.67. The Morgan fingerprint density at radius 2 is 2.06 bits per heavy atom. The van der Waals surface area contributed by atoms with Gasteiger partial charge in [-0.1, -0.05) is 23.4 Å². The summed E-state index contributed by atoms with van der Waals surface area (Å²) in [5, 5.41) is 13.1. The van der Waals surface area contributed by atoms with E-state index in [-0.39, 0.29) is 24.9 Å². The maximum atomic E-state index is 13.6. The zero-order chi connectivity index (χ0) is 23.2. The van der Waals surface area contributed by atoms with E-state index in [1.165, 1.54) is 16.2 Å². The normalized spacial score (nSPS) is 12.1. The lowest BCUT2D eigenvalue weighted by Crippen LogP contribution is -2.45. The number of para-hydroxylation sites is 1. The summed E-state index contributed by atoms with van der Waals surface area (Å²) in [4.78, 5) is 29.4. The third-order valence-corrected chi connectivity index (χ3v) is 5.99. The molecule has 4 rings (SSSR count). The summed E-state index contributed by atoms with van der Waals surface area (Å²) in [5.74, 6) is 0.441. The molecule has 0 aliphatic carbocycles. The molecule has 172 valence electrons. The molecule has 3 aromatic heterocycles. The van der Waals surface area contributed by atoms with Crippen LogP contribution in [0.1, 0.15) is 22.4 Å². The molecule has 1 atom stereocenters. The number of fused-ring (bicyclic) bond motifs is 1. The molecular weight excluding hydrogens is 442 g/mol. The van der Waals surface area contributed by atoms with Crippen LogP contribution >= 0.6 is 11.3 Å². The van der Waals surface area contributed by atoms with Gasteiger partial charge in [0.25, 0.3) is 5.91 Å². The highest BCUT2D eigenvalue weighted by Crippen LogP contribution is 2.27. The van der Waals surface area contributed by atoms with Crippen LogP contribution in [0.2, 0.25) is 0 Å². The number of benzene rings is 1. The van der Waals surface area contributed by atoms with E-state index in [0.29, 0.717) is 30.2 Å². The zero-order valence-electron chi connectivity index (χ0n) is 18.4. The molecule has 0 aliphatic rings. The van der Waals surface area contributed by atoms with Crippen LogP contribution in [0.5, 0.6) is 0 Å². The first-order valence-corrected chi connectivity index (χ1v) is 11.4. The largest absolute Gasteiger partial charge is 0.464 e. The van der Waals surface area contributed by atoms with Crippen molar-refractivity contribution < 1.29 is 18.7 Å². The van der Waals surface area contributed by atoms with Gasteiger partial charge in [-0.25, -0.2) is 4.68 Å². The van der Waals surface area contributed by atoms with E-state index in [9.17, 15) is 9.59 Å². The number of ether oxygens (including phenoxy) is 1. The fourth-order valence-corrected chi connectivity index (χ4v) is 4.25. The highest BCUT2D eigenvalue weighted by atomic mass is 32.1. The summed E-state index contributed by atoms with van der Waals surface area (Å²) in [5.41, 5.74) is 1.45. The summed E-state index contributed by atoms with van der Waals surface area (Å²) < 4.78 is 12.4. The molecule has 0 radical (unpaired) electrons. The first kappa shape index (κ1) is 22.7. The number of carbonyl (C=O) groups is 2. The molecule has 33 heavy (non-hydrogen) atoms. The number of amides is 2. The Morgan fingerprint density at radius 3 is 2.79 bits per heavy atom. The minimum absolute atomic E-state index is 0.0621. The summed E-state index contributed by atoms with van der Waals surface area (Å²) >= 11 is 1.52. The fourth-order valence-electron chi connectivity index (χ4n) is 3.54. The fraction of sp³-hybridized carbons (Fsp3) is 0.304. The molecule has 0 aliphatic heterocycles. The molecule has 0 fully saturated rings. The van der Waals surface area contributed by atoms with Crippen LogP contribution in [0.3, 0.4) is 0 Å². The first-order chi connectivity index (χ1) is 16.1. The van der Waals surface area contributed by atoms with Crippen molar-refractivity contribution in [1.82, 2.24) is 25.2 Å². The lowest BCUT2D eigenvalue weighted by atomic mass is 10.1. The molecule has 9 nitrogen and oxygen atoms in total. The van der Waals surface area contributed by atoms with Gasteiger partial charge in [0.1, 0.15) is 23.6 Å². The molecule has 2 amide bonds. The number of furan rings is 1. The number of hydrogen-bond acceptors (Lipinski definition) is 7. The Hall–Kier alpha value is -3.50. The summed E-state index contributed by atoms with van der Waals surface area (Å²) in [6, 6.07) is 13.8. The molecule has 1 N–H and O–H groups in total. The predicted octanol–water partition coefficient (Wildman–Crippen LogP) is 2.93. The number of nitrogens with one attached hydrogen (secondary N) is 1. The average Bonchev–Trinajstić information content (AvgIpc) is 3.56. The van der Waals surface area contributed by atoms with Crippen LogP contribution in [0.25, 0.3) is 11.0 Å². The number of carbonyl (C=O) groups excluding carboxylic acids is 2. The quantitative estimate of drug-likeness (QED) is 0.360. The minimum Gasteiger partial charge on any atom is -0.464 e.